The second-order valence-corrected chi connectivity index (χ2v) is 9.78. The van der Waals surface area contributed by atoms with E-state index < -0.39 is 5.82 Å². The predicted octanol–water partition coefficient (Wildman–Crippen LogP) is 8.09. The van der Waals surface area contributed by atoms with Crippen LogP contribution in [0.3, 0.4) is 0 Å². The van der Waals surface area contributed by atoms with Gasteiger partial charge in [-0.05, 0) is 61.7 Å². The highest BCUT2D eigenvalue weighted by Crippen LogP contribution is 2.38. The van der Waals surface area contributed by atoms with E-state index in [-0.39, 0.29) is 6.61 Å². The molecular weight excluding hydrogens is 542 g/mol. The van der Waals surface area contributed by atoms with E-state index >= 15 is 0 Å². The van der Waals surface area contributed by atoms with Crippen molar-refractivity contribution < 1.29 is 13.9 Å². The van der Waals surface area contributed by atoms with E-state index in [0.717, 1.165) is 39.5 Å². The van der Waals surface area contributed by atoms with E-state index in [2.05, 4.69) is 32.2 Å². The number of halogens is 4. The zero-order chi connectivity index (χ0) is 24.1. The van der Waals surface area contributed by atoms with Crippen LogP contribution >= 0.6 is 39.1 Å². The lowest BCUT2D eigenvalue weighted by molar-refractivity contribution is 0.277. The summed E-state index contributed by atoms with van der Waals surface area (Å²) in [6, 6.07) is 14.3. The third kappa shape index (κ3) is 5.73. The topological polar surface area (TPSA) is 33.7 Å². The van der Waals surface area contributed by atoms with Crippen LogP contribution in [0.25, 0.3) is 0 Å². The summed E-state index contributed by atoms with van der Waals surface area (Å²) in [7, 11) is 1.57. The molecule has 1 saturated heterocycles. The van der Waals surface area contributed by atoms with Crippen LogP contribution in [0.15, 0.2) is 53.0 Å². The summed E-state index contributed by atoms with van der Waals surface area (Å²) in [5.41, 5.74) is 3.09. The number of nitrogens with zero attached hydrogens (tertiary/aromatic N) is 1. The van der Waals surface area contributed by atoms with Gasteiger partial charge in [0.05, 0.1) is 22.8 Å². The van der Waals surface area contributed by atoms with Gasteiger partial charge in [-0.1, -0.05) is 45.2 Å². The van der Waals surface area contributed by atoms with Crippen molar-refractivity contribution in [1.82, 2.24) is 0 Å². The highest BCUT2D eigenvalue weighted by Gasteiger charge is 2.18. The minimum Gasteiger partial charge on any atom is -0.493 e. The minimum atomic E-state index is -0.412. The van der Waals surface area contributed by atoms with E-state index in [1.165, 1.54) is 25.3 Å². The van der Waals surface area contributed by atoms with E-state index in [1.54, 1.807) is 25.3 Å². The number of ether oxygens (including phenoxy) is 2. The summed E-state index contributed by atoms with van der Waals surface area (Å²) in [5, 5.41) is 4.46. The average molecular weight is 568 g/mol. The molecule has 1 heterocycles. The van der Waals surface area contributed by atoms with Gasteiger partial charge in [0, 0.05) is 40.9 Å². The Balaban J connectivity index is 1.53. The molecule has 0 amide bonds. The molecule has 180 valence electrons. The highest BCUT2D eigenvalue weighted by atomic mass is 79.9. The van der Waals surface area contributed by atoms with Gasteiger partial charge in [-0.15, -0.1) is 0 Å². The second-order valence-electron chi connectivity index (χ2n) is 8.11. The van der Waals surface area contributed by atoms with E-state index in [0.29, 0.717) is 28.6 Å². The molecule has 0 aliphatic carbocycles. The maximum Gasteiger partial charge on any atom is 0.167 e. The lowest BCUT2D eigenvalue weighted by atomic mass is 10.1. The summed E-state index contributed by atoms with van der Waals surface area (Å²) < 4.78 is 26.7. The molecule has 1 aliphatic rings. The van der Waals surface area contributed by atoms with Gasteiger partial charge in [-0.3, -0.25) is 0 Å². The Morgan fingerprint density at radius 2 is 1.79 bits per heavy atom. The number of piperidine rings is 1. The first-order valence-electron chi connectivity index (χ1n) is 11.2. The first-order valence-corrected chi connectivity index (χ1v) is 12.7. The molecule has 0 radical (unpaired) electrons. The number of methoxy groups -OCH3 is 1. The summed E-state index contributed by atoms with van der Waals surface area (Å²) >= 11 is 16.4. The molecule has 3 aromatic rings. The average Bonchev–Trinajstić information content (AvgIpc) is 2.84. The Bertz CT molecular complexity index is 1140. The van der Waals surface area contributed by atoms with E-state index in [4.69, 9.17) is 32.7 Å². The molecule has 1 aliphatic heterocycles. The molecule has 1 N–H and O–H groups in total. The van der Waals surface area contributed by atoms with Crippen molar-refractivity contribution >= 4 is 50.5 Å². The first kappa shape index (κ1) is 25.0. The van der Waals surface area contributed by atoms with E-state index in [1.807, 2.05) is 18.2 Å². The van der Waals surface area contributed by atoms with Gasteiger partial charge >= 0.3 is 0 Å². The zero-order valence-corrected chi connectivity index (χ0v) is 21.9. The molecule has 0 unspecified atom stereocenters. The van der Waals surface area contributed by atoms with Crippen molar-refractivity contribution in [2.24, 2.45) is 0 Å². The van der Waals surface area contributed by atoms with Crippen molar-refractivity contribution in [2.45, 2.75) is 32.4 Å². The second kappa shape index (κ2) is 11.5. The normalized spacial score (nSPS) is 13.6. The van der Waals surface area contributed by atoms with Crippen LogP contribution in [0.5, 0.6) is 11.5 Å². The van der Waals surface area contributed by atoms with Gasteiger partial charge in [0.25, 0.3) is 0 Å². The van der Waals surface area contributed by atoms with Gasteiger partial charge in [0.15, 0.2) is 11.5 Å². The van der Waals surface area contributed by atoms with Crippen molar-refractivity contribution in [1.29, 1.82) is 0 Å². The van der Waals surface area contributed by atoms with Crippen LogP contribution in [0, 0.1) is 5.82 Å². The van der Waals surface area contributed by atoms with Crippen molar-refractivity contribution in [3.8, 4) is 11.5 Å². The van der Waals surface area contributed by atoms with E-state index in [9.17, 15) is 4.39 Å². The number of anilines is 2. The van der Waals surface area contributed by atoms with Gasteiger partial charge in [-0.25, -0.2) is 4.39 Å². The van der Waals surface area contributed by atoms with Gasteiger partial charge < -0.3 is 19.7 Å². The van der Waals surface area contributed by atoms with Gasteiger partial charge in [0.2, 0.25) is 0 Å². The number of hydrogen-bond donors (Lipinski definition) is 1. The maximum atomic E-state index is 14.3. The third-order valence-corrected chi connectivity index (χ3v) is 7.32. The summed E-state index contributed by atoms with van der Waals surface area (Å²) in [5.74, 6) is 0.648. The Hall–Kier alpha value is -2.15. The van der Waals surface area contributed by atoms with Gasteiger partial charge in [0.1, 0.15) is 12.4 Å². The van der Waals surface area contributed by atoms with Crippen molar-refractivity contribution in [2.75, 3.05) is 30.4 Å². The predicted molar refractivity (Wildman–Crippen MR) is 141 cm³/mol. The maximum absolute atomic E-state index is 14.3. The largest absolute Gasteiger partial charge is 0.493 e. The van der Waals surface area contributed by atoms with Crippen LogP contribution in [0.2, 0.25) is 10.0 Å². The molecule has 0 saturated carbocycles. The SMILES string of the molecule is COc1ccc(Br)c(CNc2ccc(N3CCCCC3)c(Cl)c2)c1OCc1c(F)cccc1Cl. The van der Waals surface area contributed by atoms with Crippen molar-refractivity contribution in [3.63, 3.8) is 0 Å². The van der Waals surface area contributed by atoms with Crippen LogP contribution in [-0.2, 0) is 13.2 Å². The fraction of sp³-hybridized carbons (Fsp3) is 0.308. The lowest BCUT2D eigenvalue weighted by Gasteiger charge is -2.29. The molecule has 4 rings (SSSR count). The monoisotopic (exact) mass is 566 g/mol. The summed E-state index contributed by atoms with van der Waals surface area (Å²) in [6.07, 6.45) is 3.67. The number of hydrogen-bond acceptors (Lipinski definition) is 4. The van der Waals surface area contributed by atoms with Crippen molar-refractivity contribution in [3.05, 3.63) is 80.0 Å². The number of nitrogens with one attached hydrogen (secondary N) is 1. The Morgan fingerprint density at radius 3 is 2.50 bits per heavy atom. The van der Waals surface area contributed by atoms with Crippen LogP contribution in [0.4, 0.5) is 15.8 Å². The molecule has 3 aromatic carbocycles. The van der Waals surface area contributed by atoms with Crippen LogP contribution < -0.4 is 19.7 Å². The molecule has 0 atom stereocenters. The minimum absolute atomic E-state index is 0.0261. The first-order chi connectivity index (χ1) is 16.5. The standard InChI is InChI=1S/C26H26BrCl2FN2O2/c1-33-25-11-9-20(27)18(26(25)34-16-19-21(28)6-5-7-23(19)30)15-31-17-8-10-24(22(29)14-17)32-12-3-2-4-13-32/h5-11,14,31H,2-4,12-13,15-16H2,1H3. The van der Waals surface area contributed by atoms with Gasteiger partial charge in [-0.2, -0.15) is 0 Å². The summed E-state index contributed by atoms with van der Waals surface area (Å²) in [6.45, 7) is 2.49. The quantitative estimate of drug-likeness (QED) is 0.298. The highest BCUT2D eigenvalue weighted by molar-refractivity contribution is 9.10. The molecule has 4 nitrogen and oxygen atoms in total. The zero-order valence-electron chi connectivity index (χ0n) is 18.8. The third-order valence-electron chi connectivity index (χ3n) is 5.92. The fourth-order valence-electron chi connectivity index (χ4n) is 4.08. The molecule has 1 fully saturated rings. The molecular formula is C26H26BrCl2FN2O2. The fourth-order valence-corrected chi connectivity index (χ4v) is 5.05. The number of benzene rings is 3. The summed E-state index contributed by atoms with van der Waals surface area (Å²) in [4.78, 5) is 2.34. The Labute approximate surface area is 218 Å². The molecule has 0 spiro atoms. The smallest absolute Gasteiger partial charge is 0.167 e. The molecule has 34 heavy (non-hydrogen) atoms. The lowest BCUT2D eigenvalue weighted by Crippen LogP contribution is -2.29. The Kier molecular flexibility index (Phi) is 8.46. The number of rotatable bonds is 8. The molecule has 0 aromatic heterocycles. The molecule has 8 heteroatoms. The molecule has 0 bridgehead atoms. The van der Waals surface area contributed by atoms with Crippen LogP contribution in [-0.4, -0.2) is 20.2 Å². The Morgan fingerprint density at radius 1 is 1.00 bits per heavy atom. The van der Waals surface area contributed by atoms with Crippen LogP contribution in [0.1, 0.15) is 30.4 Å².